The number of amides is 1. The van der Waals surface area contributed by atoms with Crippen molar-refractivity contribution in [2.45, 2.75) is 44.8 Å². The van der Waals surface area contributed by atoms with E-state index in [2.05, 4.69) is 0 Å². The van der Waals surface area contributed by atoms with Crippen LogP contribution in [0.15, 0.2) is 36.4 Å². The monoisotopic (exact) mass is 447 g/mol. The van der Waals surface area contributed by atoms with Crippen molar-refractivity contribution in [3.05, 3.63) is 57.6 Å². The van der Waals surface area contributed by atoms with Gasteiger partial charge in [-0.3, -0.25) is 9.59 Å². The van der Waals surface area contributed by atoms with E-state index in [4.69, 9.17) is 32.7 Å². The van der Waals surface area contributed by atoms with Gasteiger partial charge in [0, 0.05) is 31.0 Å². The molecule has 158 valence electrons. The number of benzene rings is 2. The van der Waals surface area contributed by atoms with Gasteiger partial charge in [0.25, 0.3) is 5.91 Å². The molecule has 2 aromatic rings. The summed E-state index contributed by atoms with van der Waals surface area (Å²) in [5, 5.41) is 0.870. The molecule has 1 saturated heterocycles. The first-order valence-corrected chi connectivity index (χ1v) is 10.8. The number of piperidine rings is 1. The van der Waals surface area contributed by atoms with E-state index in [1.807, 2.05) is 25.1 Å². The SMILES string of the molecule is Cc1ccc2c(c1)C(=O)CC1(CCN(C(=O)C(C)Oc3ccc(Cl)cc3Cl)CC1)O2. The van der Waals surface area contributed by atoms with Crippen LogP contribution in [0.1, 0.15) is 42.1 Å². The molecule has 4 rings (SSSR count). The molecule has 2 aliphatic heterocycles. The molecule has 1 spiro atoms. The van der Waals surface area contributed by atoms with Gasteiger partial charge in [-0.05, 0) is 44.2 Å². The number of hydrogen-bond donors (Lipinski definition) is 0. The van der Waals surface area contributed by atoms with Crippen LogP contribution in [0.5, 0.6) is 11.5 Å². The second kappa shape index (κ2) is 8.12. The van der Waals surface area contributed by atoms with Crippen molar-refractivity contribution in [2.24, 2.45) is 0 Å². The largest absolute Gasteiger partial charge is 0.486 e. The first kappa shape index (κ1) is 21.0. The van der Waals surface area contributed by atoms with Crippen LogP contribution in [0.2, 0.25) is 10.0 Å². The Labute approximate surface area is 185 Å². The summed E-state index contributed by atoms with van der Waals surface area (Å²) in [6.07, 6.45) is 0.867. The normalized spacial score (nSPS) is 18.5. The number of fused-ring (bicyclic) bond motifs is 1. The van der Waals surface area contributed by atoms with Crippen molar-refractivity contribution in [3.8, 4) is 11.5 Å². The van der Waals surface area contributed by atoms with E-state index in [0.29, 0.717) is 59.5 Å². The zero-order chi connectivity index (χ0) is 21.5. The summed E-state index contributed by atoms with van der Waals surface area (Å²) in [6, 6.07) is 10.6. The lowest BCUT2D eigenvalue weighted by Crippen LogP contribution is -2.54. The molecule has 0 N–H and O–H groups in total. The smallest absolute Gasteiger partial charge is 0.263 e. The van der Waals surface area contributed by atoms with Crippen LogP contribution in [0.3, 0.4) is 0 Å². The highest BCUT2D eigenvalue weighted by Gasteiger charge is 2.44. The van der Waals surface area contributed by atoms with E-state index in [1.54, 1.807) is 30.0 Å². The average molecular weight is 448 g/mol. The standard InChI is InChI=1S/C23H23Cl2NO4/c1-14-3-5-20-17(11-14)19(27)13-23(30-20)7-9-26(10-8-23)22(28)15(2)29-21-6-4-16(24)12-18(21)25/h3-6,11-12,15H,7-10,13H2,1-2H3. The number of carbonyl (C=O) groups is 2. The molecule has 2 heterocycles. The van der Waals surface area contributed by atoms with Gasteiger partial charge in [-0.25, -0.2) is 0 Å². The molecular formula is C23H23Cl2NO4. The molecule has 1 unspecified atom stereocenters. The number of nitrogens with zero attached hydrogens (tertiary/aromatic N) is 1. The zero-order valence-corrected chi connectivity index (χ0v) is 18.4. The first-order valence-electron chi connectivity index (χ1n) is 10.00. The Hall–Kier alpha value is -2.24. The van der Waals surface area contributed by atoms with Crippen LogP contribution in [0, 0.1) is 6.92 Å². The molecule has 5 nitrogen and oxygen atoms in total. The Morgan fingerprint density at radius 2 is 1.90 bits per heavy atom. The number of halogens is 2. The van der Waals surface area contributed by atoms with Gasteiger partial charge >= 0.3 is 0 Å². The van der Waals surface area contributed by atoms with E-state index in [9.17, 15) is 9.59 Å². The quantitative estimate of drug-likeness (QED) is 0.656. The number of ketones is 1. The molecule has 1 fully saturated rings. The number of aryl methyl sites for hydroxylation is 1. The minimum absolute atomic E-state index is 0.105. The molecule has 7 heteroatoms. The highest BCUT2D eigenvalue weighted by Crippen LogP contribution is 2.40. The third kappa shape index (κ3) is 4.14. The lowest BCUT2D eigenvalue weighted by atomic mass is 9.82. The van der Waals surface area contributed by atoms with E-state index in [-0.39, 0.29) is 11.7 Å². The maximum atomic E-state index is 12.9. The fourth-order valence-corrected chi connectivity index (χ4v) is 4.54. The van der Waals surface area contributed by atoms with Crippen LogP contribution >= 0.6 is 23.2 Å². The summed E-state index contributed by atoms with van der Waals surface area (Å²) in [5.74, 6) is 1.05. The molecule has 30 heavy (non-hydrogen) atoms. The predicted molar refractivity (Wildman–Crippen MR) is 116 cm³/mol. The molecule has 2 aromatic carbocycles. The molecule has 1 atom stereocenters. The summed E-state index contributed by atoms with van der Waals surface area (Å²) >= 11 is 12.1. The second-order valence-electron chi connectivity index (χ2n) is 8.04. The van der Waals surface area contributed by atoms with Gasteiger partial charge in [0.2, 0.25) is 0 Å². The predicted octanol–water partition coefficient (Wildman–Crippen LogP) is 5.10. The van der Waals surface area contributed by atoms with Crippen molar-refractivity contribution >= 4 is 34.9 Å². The highest BCUT2D eigenvalue weighted by molar-refractivity contribution is 6.35. The fraction of sp³-hybridized carbons (Fsp3) is 0.391. The minimum atomic E-state index is -0.685. The summed E-state index contributed by atoms with van der Waals surface area (Å²) in [6.45, 7) is 4.68. The van der Waals surface area contributed by atoms with Gasteiger partial charge < -0.3 is 14.4 Å². The fourth-order valence-electron chi connectivity index (χ4n) is 4.09. The van der Waals surface area contributed by atoms with Crippen molar-refractivity contribution in [1.29, 1.82) is 0 Å². The van der Waals surface area contributed by atoms with Crippen LogP contribution in [-0.2, 0) is 4.79 Å². The lowest BCUT2D eigenvalue weighted by Gasteiger charge is -2.44. The van der Waals surface area contributed by atoms with E-state index >= 15 is 0 Å². The third-order valence-electron chi connectivity index (χ3n) is 5.78. The van der Waals surface area contributed by atoms with Crippen molar-refractivity contribution in [2.75, 3.05) is 13.1 Å². The number of rotatable bonds is 3. The van der Waals surface area contributed by atoms with E-state index in [0.717, 1.165) is 5.56 Å². The zero-order valence-electron chi connectivity index (χ0n) is 16.9. The van der Waals surface area contributed by atoms with Crippen LogP contribution in [0.25, 0.3) is 0 Å². The van der Waals surface area contributed by atoms with Gasteiger partial charge in [0.05, 0.1) is 17.0 Å². The summed E-state index contributed by atoms with van der Waals surface area (Å²) in [4.78, 5) is 27.3. The molecule has 2 aliphatic rings. The van der Waals surface area contributed by atoms with Crippen LogP contribution in [-0.4, -0.2) is 41.4 Å². The minimum Gasteiger partial charge on any atom is -0.486 e. The molecule has 1 amide bonds. The maximum Gasteiger partial charge on any atom is 0.263 e. The number of carbonyl (C=O) groups excluding carboxylic acids is 2. The van der Waals surface area contributed by atoms with E-state index in [1.165, 1.54) is 0 Å². The Bertz CT molecular complexity index is 999. The Morgan fingerprint density at radius 1 is 1.17 bits per heavy atom. The van der Waals surface area contributed by atoms with Gasteiger partial charge in [-0.15, -0.1) is 0 Å². The Balaban J connectivity index is 1.40. The van der Waals surface area contributed by atoms with E-state index < -0.39 is 11.7 Å². The molecule has 0 radical (unpaired) electrons. The average Bonchev–Trinajstić information content (AvgIpc) is 2.71. The van der Waals surface area contributed by atoms with Crippen molar-refractivity contribution < 1.29 is 19.1 Å². The molecule has 0 aliphatic carbocycles. The summed E-state index contributed by atoms with van der Waals surface area (Å²) < 4.78 is 12.0. The summed E-state index contributed by atoms with van der Waals surface area (Å²) in [7, 11) is 0. The van der Waals surface area contributed by atoms with Crippen LogP contribution < -0.4 is 9.47 Å². The molecule has 0 aromatic heterocycles. The lowest BCUT2D eigenvalue weighted by molar-refractivity contribution is -0.141. The first-order chi connectivity index (χ1) is 14.3. The molecule has 0 bridgehead atoms. The Morgan fingerprint density at radius 3 is 2.60 bits per heavy atom. The second-order valence-corrected chi connectivity index (χ2v) is 8.89. The topological polar surface area (TPSA) is 55.8 Å². The number of Topliss-reactive ketones (excluding diaryl/α,β-unsaturated/α-hetero) is 1. The maximum absolute atomic E-state index is 12.9. The summed E-state index contributed by atoms with van der Waals surface area (Å²) in [5.41, 5.74) is 1.15. The van der Waals surface area contributed by atoms with Crippen molar-refractivity contribution in [1.82, 2.24) is 4.90 Å². The van der Waals surface area contributed by atoms with Gasteiger partial charge in [0.1, 0.15) is 17.1 Å². The molecule has 0 saturated carbocycles. The van der Waals surface area contributed by atoms with Crippen LogP contribution in [0.4, 0.5) is 0 Å². The number of ether oxygens (including phenoxy) is 2. The third-order valence-corrected chi connectivity index (χ3v) is 6.31. The Kier molecular flexibility index (Phi) is 5.69. The van der Waals surface area contributed by atoms with Gasteiger partial charge in [-0.2, -0.15) is 0 Å². The van der Waals surface area contributed by atoms with Gasteiger partial charge in [-0.1, -0.05) is 34.8 Å². The highest BCUT2D eigenvalue weighted by atomic mass is 35.5. The number of hydrogen-bond acceptors (Lipinski definition) is 4. The molecular weight excluding hydrogens is 425 g/mol. The number of likely N-dealkylation sites (tertiary alicyclic amines) is 1. The van der Waals surface area contributed by atoms with Gasteiger partial charge in [0.15, 0.2) is 11.9 Å². The van der Waals surface area contributed by atoms with Crippen molar-refractivity contribution in [3.63, 3.8) is 0 Å².